The Balaban J connectivity index is 1.91. The smallest absolute Gasteiger partial charge is 0.341 e. The van der Waals surface area contributed by atoms with Crippen molar-refractivity contribution in [3.05, 3.63) is 101 Å². The van der Waals surface area contributed by atoms with Crippen LogP contribution in [0.3, 0.4) is 0 Å². The van der Waals surface area contributed by atoms with Crippen molar-refractivity contribution < 1.29 is 18.0 Å². The van der Waals surface area contributed by atoms with Gasteiger partial charge in [0.15, 0.2) is 0 Å². The standard InChI is InChI=1S/C20H15F3N2O/c21-20(22,23)17-8-4-7-16(13-17)19(26)25-18(14-5-2-1-3-6-14)15-9-11-24-12-10-15/h1-13,18H,(H,25,26)/t18-/m1/s1. The zero-order chi connectivity index (χ0) is 18.6. The second kappa shape index (κ2) is 7.39. The van der Waals surface area contributed by atoms with Crippen LogP contribution in [0.5, 0.6) is 0 Å². The summed E-state index contributed by atoms with van der Waals surface area (Å²) in [5.74, 6) is -0.582. The van der Waals surface area contributed by atoms with E-state index in [1.807, 2.05) is 30.3 Å². The summed E-state index contributed by atoms with van der Waals surface area (Å²) in [5, 5.41) is 2.81. The highest BCUT2D eigenvalue weighted by Crippen LogP contribution is 2.30. The predicted molar refractivity (Wildman–Crippen MR) is 91.4 cm³/mol. The first-order chi connectivity index (χ1) is 12.4. The molecule has 0 saturated carbocycles. The van der Waals surface area contributed by atoms with E-state index in [1.54, 1.807) is 24.5 Å². The van der Waals surface area contributed by atoms with E-state index in [0.29, 0.717) is 0 Å². The quantitative estimate of drug-likeness (QED) is 0.741. The van der Waals surface area contributed by atoms with Crippen LogP contribution in [0.2, 0.25) is 0 Å². The minimum absolute atomic E-state index is 0.0465. The molecule has 0 fully saturated rings. The maximum absolute atomic E-state index is 12.9. The summed E-state index contributed by atoms with van der Waals surface area (Å²) in [4.78, 5) is 16.5. The summed E-state index contributed by atoms with van der Waals surface area (Å²) in [6.45, 7) is 0. The second-order valence-electron chi connectivity index (χ2n) is 5.68. The Morgan fingerprint density at radius 2 is 1.54 bits per heavy atom. The molecule has 3 aromatic rings. The van der Waals surface area contributed by atoms with Crippen LogP contribution in [0.15, 0.2) is 79.1 Å². The van der Waals surface area contributed by atoms with Crippen LogP contribution in [0.25, 0.3) is 0 Å². The van der Waals surface area contributed by atoms with Crippen molar-refractivity contribution in [3.63, 3.8) is 0 Å². The summed E-state index contributed by atoms with van der Waals surface area (Å²) in [5.41, 5.74) is 0.700. The van der Waals surface area contributed by atoms with Gasteiger partial charge in [-0.3, -0.25) is 9.78 Å². The molecule has 0 aliphatic carbocycles. The number of pyridine rings is 1. The maximum Gasteiger partial charge on any atom is 0.416 e. The lowest BCUT2D eigenvalue weighted by atomic mass is 9.99. The number of amides is 1. The number of carbonyl (C=O) groups is 1. The Morgan fingerprint density at radius 1 is 0.885 bits per heavy atom. The monoisotopic (exact) mass is 356 g/mol. The molecule has 3 rings (SSSR count). The van der Waals surface area contributed by atoms with Gasteiger partial charge in [0, 0.05) is 18.0 Å². The van der Waals surface area contributed by atoms with Gasteiger partial charge in [0.2, 0.25) is 0 Å². The summed E-state index contributed by atoms with van der Waals surface area (Å²) in [7, 11) is 0. The summed E-state index contributed by atoms with van der Waals surface area (Å²) < 4.78 is 38.7. The summed E-state index contributed by atoms with van der Waals surface area (Å²) >= 11 is 0. The SMILES string of the molecule is O=C(N[C@H](c1ccccc1)c1ccncc1)c1cccc(C(F)(F)F)c1. The lowest BCUT2D eigenvalue weighted by Crippen LogP contribution is -2.29. The van der Waals surface area contributed by atoms with Gasteiger partial charge < -0.3 is 5.32 Å². The largest absolute Gasteiger partial charge is 0.416 e. The first-order valence-electron chi connectivity index (χ1n) is 7.88. The van der Waals surface area contributed by atoms with Crippen molar-refractivity contribution in [3.8, 4) is 0 Å². The van der Waals surface area contributed by atoms with Crippen LogP contribution in [-0.4, -0.2) is 10.9 Å². The van der Waals surface area contributed by atoms with Gasteiger partial charge in [-0.25, -0.2) is 0 Å². The molecule has 0 unspecified atom stereocenters. The normalized spacial score (nSPS) is 12.4. The number of alkyl halides is 3. The van der Waals surface area contributed by atoms with Crippen LogP contribution in [-0.2, 0) is 6.18 Å². The molecule has 0 radical (unpaired) electrons. The molecule has 6 heteroatoms. The molecule has 132 valence electrons. The number of hydrogen-bond donors (Lipinski definition) is 1. The Labute approximate surface area is 148 Å². The van der Waals surface area contributed by atoms with E-state index >= 15 is 0 Å². The molecule has 0 saturated heterocycles. The molecule has 0 bridgehead atoms. The molecule has 2 aromatic carbocycles. The van der Waals surface area contributed by atoms with Gasteiger partial charge in [-0.15, -0.1) is 0 Å². The first kappa shape index (κ1) is 17.7. The topological polar surface area (TPSA) is 42.0 Å². The van der Waals surface area contributed by atoms with Crippen molar-refractivity contribution in [2.45, 2.75) is 12.2 Å². The number of hydrogen-bond acceptors (Lipinski definition) is 2. The van der Waals surface area contributed by atoms with Gasteiger partial charge in [-0.2, -0.15) is 13.2 Å². The highest BCUT2D eigenvalue weighted by atomic mass is 19.4. The number of nitrogens with one attached hydrogen (secondary N) is 1. The molecule has 1 atom stereocenters. The van der Waals surface area contributed by atoms with Gasteiger partial charge in [0.05, 0.1) is 11.6 Å². The highest BCUT2D eigenvalue weighted by Gasteiger charge is 2.31. The Hall–Kier alpha value is -3.15. The molecular weight excluding hydrogens is 341 g/mol. The van der Waals surface area contributed by atoms with Crippen molar-refractivity contribution in [1.29, 1.82) is 0 Å². The van der Waals surface area contributed by atoms with Gasteiger partial charge in [0.1, 0.15) is 0 Å². The fraction of sp³-hybridized carbons (Fsp3) is 0.100. The van der Waals surface area contributed by atoms with Crippen LogP contribution < -0.4 is 5.32 Å². The third kappa shape index (κ3) is 4.08. The minimum Gasteiger partial charge on any atom is -0.341 e. The van der Waals surface area contributed by atoms with E-state index in [4.69, 9.17) is 0 Å². The van der Waals surface area contributed by atoms with Gasteiger partial charge in [-0.1, -0.05) is 36.4 Å². The third-order valence-corrected chi connectivity index (χ3v) is 3.90. The molecule has 0 aliphatic heterocycles. The first-order valence-corrected chi connectivity index (χ1v) is 7.88. The number of halogens is 3. The molecule has 3 nitrogen and oxygen atoms in total. The molecule has 0 spiro atoms. The zero-order valence-electron chi connectivity index (χ0n) is 13.6. The predicted octanol–water partition coefficient (Wildman–Crippen LogP) is 4.62. The molecule has 1 heterocycles. The summed E-state index contributed by atoms with van der Waals surface area (Å²) in [6.07, 6.45) is -1.30. The molecular formula is C20H15F3N2O. The van der Waals surface area contributed by atoms with E-state index < -0.39 is 23.7 Å². The number of nitrogens with zero attached hydrogens (tertiary/aromatic N) is 1. The van der Waals surface area contributed by atoms with E-state index in [2.05, 4.69) is 10.3 Å². The van der Waals surface area contributed by atoms with E-state index in [1.165, 1.54) is 12.1 Å². The number of rotatable bonds is 4. The fourth-order valence-corrected chi connectivity index (χ4v) is 2.61. The van der Waals surface area contributed by atoms with Gasteiger partial charge in [-0.05, 0) is 41.5 Å². The van der Waals surface area contributed by atoms with Crippen molar-refractivity contribution in [2.24, 2.45) is 0 Å². The average Bonchev–Trinajstić information content (AvgIpc) is 2.67. The van der Waals surface area contributed by atoms with Crippen LogP contribution >= 0.6 is 0 Å². The minimum atomic E-state index is -4.50. The van der Waals surface area contributed by atoms with Crippen molar-refractivity contribution in [2.75, 3.05) is 0 Å². The lowest BCUT2D eigenvalue weighted by molar-refractivity contribution is -0.137. The number of carbonyl (C=O) groups excluding carboxylic acids is 1. The Bertz CT molecular complexity index is 841. The van der Waals surface area contributed by atoms with E-state index in [-0.39, 0.29) is 5.56 Å². The molecule has 0 aliphatic rings. The number of aromatic nitrogens is 1. The fourth-order valence-electron chi connectivity index (χ4n) is 2.61. The Kier molecular flexibility index (Phi) is 5.02. The van der Waals surface area contributed by atoms with Crippen LogP contribution in [0.4, 0.5) is 13.2 Å². The average molecular weight is 356 g/mol. The van der Waals surface area contributed by atoms with Crippen molar-refractivity contribution in [1.82, 2.24) is 10.3 Å². The van der Waals surface area contributed by atoms with Crippen molar-refractivity contribution >= 4 is 5.91 Å². The Morgan fingerprint density at radius 3 is 2.19 bits per heavy atom. The van der Waals surface area contributed by atoms with E-state index in [9.17, 15) is 18.0 Å². The van der Waals surface area contributed by atoms with Crippen LogP contribution in [0, 0.1) is 0 Å². The zero-order valence-corrected chi connectivity index (χ0v) is 13.6. The van der Waals surface area contributed by atoms with Gasteiger partial charge >= 0.3 is 6.18 Å². The summed E-state index contributed by atoms with van der Waals surface area (Å²) in [6, 6.07) is 16.6. The molecule has 1 N–H and O–H groups in total. The second-order valence-corrected chi connectivity index (χ2v) is 5.68. The number of benzene rings is 2. The van der Waals surface area contributed by atoms with Gasteiger partial charge in [0.25, 0.3) is 5.91 Å². The van der Waals surface area contributed by atoms with Crippen LogP contribution in [0.1, 0.15) is 33.1 Å². The lowest BCUT2D eigenvalue weighted by Gasteiger charge is -2.20. The van der Waals surface area contributed by atoms with E-state index in [0.717, 1.165) is 23.3 Å². The third-order valence-electron chi connectivity index (χ3n) is 3.90. The molecule has 1 amide bonds. The molecule has 26 heavy (non-hydrogen) atoms. The highest BCUT2D eigenvalue weighted by molar-refractivity contribution is 5.94. The maximum atomic E-state index is 12.9. The molecule has 1 aromatic heterocycles.